The van der Waals surface area contributed by atoms with Crippen LogP contribution in [0.3, 0.4) is 0 Å². The molecular formula is C9H9Br2NO2. The van der Waals surface area contributed by atoms with Crippen molar-refractivity contribution >= 4 is 43.5 Å². The molecule has 0 amide bonds. The third-order valence-corrected chi connectivity index (χ3v) is 2.93. The van der Waals surface area contributed by atoms with E-state index in [9.17, 15) is 4.79 Å². The fourth-order valence-electron chi connectivity index (χ4n) is 0.961. The van der Waals surface area contributed by atoms with E-state index in [0.717, 1.165) is 14.6 Å². The van der Waals surface area contributed by atoms with Gasteiger partial charge in [-0.05, 0) is 44.0 Å². The summed E-state index contributed by atoms with van der Waals surface area (Å²) >= 11 is 6.75. The molecule has 14 heavy (non-hydrogen) atoms. The number of rotatable bonds is 4. The van der Waals surface area contributed by atoms with Gasteiger partial charge in [-0.3, -0.25) is 4.79 Å². The van der Waals surface area contributed by atoms with Gasteiger partial charge < -0.3 is 10.4 Å². The van der Waals surface area contributed by atoms with E-state index < -0.39 is 5.97 Å². The van der Waals surface area contributed by atoms with Crippen LogP contribution >= 0.6 is 31.9 Å². The second-order valence-corrected chi connectivity index (χ2v) is 4.38. The summed E-state index contributed by atoms with van der Waals surface area (Å²) in [6.07, 6.45) is 0.105. The molecule has 0 aliphatic rings. The molecule has 5 heteroatoms. The second-order valence-electron chi connectivity index (χ2n) is 2.67. The zero-order chi connectivity index (χ0) is 10.6. The van der Waals surface area contributed by atoms with E-state index in [1.165, 1.54) is 0 Å². The van der Waals surface area contributed by atoms with Crippen LogP contribution in [-0.4, -0.2) is 17.6 Å². The predicted octanol–water partition coefficient (Wildman–Crippen LogP) is 3.10. The van der Waals surface area contributed by atoms with Crippen molar-refractivity contribution in [3.8, 4) is 0 Å². The minimum atomic E-state index is -0.805. The van der Waals surface area contributed by atoms with Crippen LogP contribution in [0, 0.1) is 0 Å². The fourth-order valence-corrected chi connectivity index (χ4v) is 2.24. The molecule has 1 aromatic rings. The molecule has 0 atom stereocenters. The van der Waals surface area contributed by atoms with Gasteiger partial charge >= 0.3 is 5.97 Å². The van der Waals surface area contributed by atoms with Gasteiger partial charge in [-0.25, -0.2) is 0 Å². The van der Waals surface area contributed by atoms with Crippen molar-refractivity contribution in [1.29, 1.82) is 0 Å². The van der Waals surface area contributed by atoms with Crippen LogP contribution in [0.15, 0.2) is 27.1 Å². The number of benzene rings is 1. The molecule has 0 unspecified atom stereocenters. The van der Waals surface area contributed by atoms with E-state index in [1.807, 2.05) is 18.2 Å². The highest BCUT2D eigenvalue weighted by Crippen LogP contribution is 2.30. The first kappa shape index (κ1) is 11.5. The summed E-state index contributed by atoms with van der Waals surface area (Å²) in [4.78, 5) is 10.3. The van der Waals surface area contributed by atoms with Gasteiger partial charge in [-0.15, -0.1) is 0 Å². The number of para-hydroxylation sites is 1. The highest BCUT2D eigenvalue weighted by atomic mass is 79.9. The van der Waals surface area contributed by atoms with Crippen LogP contribution in [0.4, 0.5) is 5.69 Å². The normalized spacial score (nSPS) is 9.86. The third kappa shape index (κ3) is 3.31. The molecule has 0 aromatic heterocycles. The zero-order valence-electron chi connectivity index (χ0n) is 7.26. The molecule has 0 heterocycles. The average molecular weight is 323 g/mol. The van der Waals surface area contributed by atoms with E-state index in [2.05, 4.69) is 37.2 Å². The summed E-state index contributed by atoms with van der Waals surface area (Å²) in [5.74, 6) is -0.805. The van der Waals surface area contributed by atoms with Gasteiger partial charge in [-0.1, -0.05) is 6.07 Å². The monoisotopic (exact) mass is 321 g/mol. The number of carboxylic acids is 1. The molecule has 0 saturated heterocycles. The Morgan fingerprint density at radius 3 is 2.43 bits per heavy atom. The minimum absolute atomic E-state index is 0.105. The Morgan fingerprint density at radius 1 is 1.36 bits per heavy atom. The Bertz CT molecular complexity index is 321. The molecule has 0 saturated carbocycles. The maximum atomic E-state index is 10.3. The van der Waals surface area contributed by atoms with Crippen LogP contribution in [0.2, 0.25) is 0 Å². The number of aliphatic carboxylic acids is 1. The van der Waals surface area contributed by atoms with Gasteiger partial charge in [0.15, 0.2) is 0 Å². The summed E-state index contributed by atoms with van der Waals surface area (Å²) in [7, 11) is 0. The Balaban J connectivity index is 2.62. The van der Waals surface area contributed by atoms with E-state index in [4.69, 9.17) is 5.11 Å². The van der Waals surface area contributed by atoms with Crippen LogP contribution in [-0.2, 0) is 4.79 Å². The summed E-state index contributed by atoms with van der Waals surface area (Å²) in [5, 5.41) is 11.5. The predicted molar refractivity (Wildman–Crippen MR) is 62.6 cm³/mol. The number of halogens is 2. The van der Waals surface area contributed by atoms with Crippen molar-refractivity contribution in [3.05, 3.63) is 27.1 Å². The third-order valence-electron chi connectivity index (χ3n) is 1.60. The summed E-state index contributed by atoms with van der Waals surface area (Å²) < 4.78 is 1.83. The number of hydrogen-bond donors (Lipinski definition) is 2. The summed E-state index contributed by atoms with van der Waals surface area (Å²) in [6.45, 7) is 0.413. The lowest BCUT2D eigenvalue weighted by molar-refractivity contribution is -0.136. The standard InChI is InChI=1S/C9H9Br2NO2/c10-6-2-1-3-7(11)9(6)12-5-4-8(13)14/h1-3,12H,4-5H2,(H,13,14). The first-order chi connectivity index (χ1) is 6.61. The highest BCUT2D eigenvalue weighted by Gasteiger charge is 2.04. The molecule has 3 nitrogen and oxygen atoms in total. The van der Waals surface area contributed by atoms with Crippen LogP contribution in [0.5, 0.6) is 0 Å². The van der Waals surface area contributed by atoms with Crippen LogP contribution < -0.4 is 5.32 Å². The molecule has 0 aliphatic heterocycles. The van der Waals surface area contributed by atoms with E-state index >= 15 is 0 Å². The molecule has 76 valence electrons. The molecule has 2 N–H and O–H groups in total. The SMILES string of the molecule is O=C(O)CCNc1c(Br)cccc1Br. The first-order valence-electron chi connectivity index (χ1n) is 4.01. The number of hydrogen-bond acceptors (Lipinski definition) is 2. The van der Waals surface area contributed by atoms with E-state index in [-0.39, 0.29) is 6.42 Å². The average Bonchev–Trinajstić information content (AvgIpc) is 2.09. The summed E-state index contributed by atoms with van der Waals surface area (Å²) in [5.41, 5.74) is 0.883. The number of carbonyl (C=O) groups is 1. The topological polar surface area (TPSA) is 49.3 Å². The second kappa shape index (κ2) is 5.36. The Morgan fingerprint density at radius 2 is 1.93 bits per heavy atom. The van der Waals surface area contributed by atoms with Crippen molar-refractivity contribution in [2.45, 2.75) is 6.42 Å². The minimum Gasteiger partial charge on any atom is -0.481 e. The lowest BCUT2D eigenvalue weighted by Gasteiger charge is -2.08. The van der Waals surface area contributed by atoms with Crippen molar-refractivity contribution in [3.63, 3.8) is 0 Å². The van der Waals surface area contributed by atoms with Crippen LogP contribution in [0.25, 0.3) is 0 Å². The lowest BCUT2D eigenvalue weighted by atomic mass is 10.3. The quantitative estimate of drug-likeness (QED) is 0.895. The van der Waals surface area contributed by atoms with Crippen LogP contribution in [0.1, 0.15) is 6.42 Å². The number of nitrogens with one attached hydrogen (secondary N) is 1. The highest BCUT2D eigenvalue weighted by molar-refractivity contribution is 9.11. The van der Waals surface area contributed by atoms with Crippen molar-refractivity contribution in [1.82, 2.24) is 0 Å². The first-order valence-corrected chi connectivity index (χ1v) is 5.59. The maximum Gasteiger partial charge on any atom is 0.305 e. The van der Waals surface area contributed by atoms with Crippen molar-refractivity contribution < 1.29 is 9.90 Å². The largest absolute Gasteiger partial charge is 0.481 e. The Hall–Kier alpha value is -0.550. The molecule has 0 fully saturated rings. The van der Waals surface area contributed by atoms with E-state index in [1.54, 1.807) is 0 Å². The van der Waals surface area contributed by atoms with Crippen molar-refractivity contribution in [2.24, 2.45) is 0 Å². The van der Waals surface area contributed by atoms with E-state index in [0.29, 0.717) is 6.54 Å². The molecule has 1 aromatic carbocycles. The maximum absolute atomic E-state index is 10.3. The molecular weight excluding hydrogens is 314 g/mol. The number of anilines is 1. The number of carboxylic acid groups (broad SMARTS) is 1. The molecule has 0 aliphatic carbocycles. The fraction of sp³-hybridized carbons (Fsp3) is 0.222. The Kier molecular flexibility index (Phi) is 4.41. The molecule has 0 radical (unpaired) electrons. The molecule has 1 rings (SSSR count). The molecule has 0 spiro atoms. The van der Waals surface area contributed by atoms with Gasteiger partial charge in [0.2, 0.25) is 0 Å². The van der Waals surface area contributed by atoms with Gasteiger partial charge in [0, 0.05) is 15.5 Å². The zero-order valence-corrected chi connectivity index (χ0v) is 10.4. The molecule has 0 bridgehead atoms. The van der Waals surface area contributed by atoms with Crippen molar-refractivity contribution in [2.75, 3.05) is 11.9 Å². The van der Waals surface area contributed by atoms with Gasteiger partial charge in [-0.2, -0.15) is 0 Å². The van der Waals surface area contributed by atoms with Gasteiger partial charge in [0.1, 0.15) is 0 Å². The Labute approximate surface area is 98.8 Å². The lowest BCUT2D eigenvalue weighted by Crippen LogP contribution is -2.08. The van der Waals surface area contributed by atoms with Gasteiger partial charge in [0.25, 0.3) is 0 Å². The van der Waals surface area contributed by atoms with Gasteiger partial charge in [0.05, 0.1) is 12.1 Å². The summed E-state index contributed by atoms with van der Waals surface area (Å²) in [6, 6.07) is 5.69. The smallest absolute Gasteiger partial charge is 0.305 e.